The third-order valence-corrected chi connectivity index (χ3v) is 4.06. The zero-order valence-electron chi connectivity index (χ0n) is 13.8. The topological polar surface area (TPSA) is 58.6 Å². The summed E-state index contributed by atoms with van der Waals surface area (Å²) < 4.78 is 5.60. The van der Waals surface area contributed by atoms with Crippen LogP contribution in [0.25, 0.3) is 0 Å². The van der Waals surface area contributed by atoms with Crippen molar-refractivity contribution >= 4 is 23.2 Å². The first-order chi connectivity index (χ1) is 11.6. The highest BCUT2D eigenvalue weighted by atomic mass is 16.5. The molecule has 2 amide bonds. The van der Waals surface area contributed by atoms with Crippen molar-refractivity contribution in [3.8, 4) is 5.75 Å². The van der Waals surface area contributed by atoms with Crippen LogP contribution in [0.3, 0.4) is 0 Å². The van der Waals surface area contributed by atoms with E-state index < -0.39 is 6.10 Å². The molecule has 0 aromatic heterocycles. The zero-order valence-corrected chi connectivity index (χ0v) is 13.8. The lowest BCUT2D eigenvalue weighted by molar-refractivity contribution is -0.125. The molecule has 0 aliphatic carbocycles. The molecule has 0 radical (unpaired) electrons. The van der Waals surface area contributed by atoms with Crippen molar-refractivity contribution in [1.29, 1.82) is 0 Å². The average molecular weight is 324 g/mol. The number of rotatable bonds is 4. The Labute approximate surface area is 141 Å². The Hall–Kier alpha value is -2.82. The van der Waals surface area contributed by atoms with Crippen molar-refractivity contribution in [3.63, 3.8) is 0 Å². The van der Waals surface area contributed by atoms with Crippen LogP contribution in [0.2, 0.25) is 0 Å². The Morgan fingerprint density at radius 3 is 2.67 bits per heavy atom. The van der Waals surface area contributed by atoms with Gasteiger partial charge in [-0.05, 0) is 37.6 Å². The number of fused-ring (bicyclic) bond motifs is 1. The minimum atomic E-state index is -0.542. The van der Waals surface area contributed by atoms with Crippen molar-refractivity contribution in [2.24, 2.45) is 0 Å². The summed E-state index contributed by atoms with van der Waals surface area (Å²) in [6.45, 7) is 3.99. The lowest BCUT2D eigenvalue weighted by atomic mass is 10.1. The fraction of sp³-hybridized carbons (Fsp3) is 0.263. The monoisotopic (exact) mass is 324 g/mol. The third kappa shape index (κ3) is 3.25. The lowest BCUT2D eigenvalue weighted by Gasteiger charge is -2.32. The summed E-state index contributed by atoms with van der Waals surface area (Å²) in [6, 6.07) is 15.0. The molecule has 0 fully saturated rings. The number of hydrogen-bond acceptors (Lipinski definition) is 3. The van der Waals surface area contributed by atoms with Gasteiger partial charge in [0.05, 0.1) is 5.69 Å². The fourth-order valence-corrected chi connectivity index (χ4v) is 2.73. The SMILES string of the molecule is Cc1ccccc1NC(=O)CCN1C(=O)[C@@H](C)Oc2ccccc21. The van der Waals surface area contributed by atoms with Crippen molar-refractivity contribution in [2.75, 3.05) is 16.8 Å². The summed E-state index contributed by atoms with van der Waals surface area (Å²) in [5.74, 6) is 0.426. The molecule has 1 N–H and O–H groups in total. The minimum Gasteiger partial charge on any atom is -0.479 e. The molecule has 1 aliphatic rings. The summed E-state index contributed by atoms with van der Waals surface area (Å²) in [4.78, 5) is 26.2. The van der Waals surface area contributed by atoms with Crippen LogP contribution in [0.15, 0.2) is 48.5 Å². The first-order valence-corrected chi connectivity index (χ1v) is 7.99. The van der Waals surface area contributed by atoms with Gasteiger partial charge in [0.15, 0.2) is 6.10 Å². The van der Waals surface area contributed by atoms with Gasteiger partial charge in [0.25, 0.3) is 5.91 Å². The number of aryl methyl sites for hydroxylation is 1. The molecule has 5 nitrogen and oxygen atoms in total. The predicted molar refractivity (Wildman–Crippen MR) is 93.3 cm³/mol. The summed E-state index contributed by atoms with van der Waals surface area (Å²) >= 11 is 0. The van der Waals surface area contributed by atoms with E-state index in [9.17, 15) is 9.59 Å². The first kappa shape index (κ1) is 16.1. The molecular weight excluding hydrogens is 304 g/mol. The maximum Gasteiger partial charge on any atom is 0.267 e. The summed E-state index contributed by atoms with van der Waals surface area (Å²) in [7, 11) is 0. The summed E-state index contributed by atoms with van der Waals surface area (Å²) in [5.41, 5.74) is 2.51. The van der Waals surface area contributed by atoms with Crippen LogP contribution in [-0.2, 0) is 9.59 Å². The van der Waals surface area contributed by atoms with Crippen LogP contribution in [0, 0.1) is 6.92 Å². The van der Waals surface area contributed by atoms with E-state index in [1.54, 1.807) is 11.8 Å². The van der Waals surface area contributed by atoms with E-state index in [2.05, 4.69) is 5.32 Å². The van der Waals surface area contributed by atoms with Gasteiger partial charge in [-0.15, -0.1) is 0 Å². The second kappa shape index (κ2) is 6.74. The van der Waals surface area contributed by atoms with Crippen LogP contribution in [-0.4, -0.2) is 24.5 Å². The van der Waals surface area contributed by atoms with Crippen LogP contribution in [0.5, 0.6) is 5.75 Å². The molecule has 0 unspecified atom stereocenters. The van der Waals surface area contributed by atoms with Crippen molar-refractivity contribution in [1.82, 2.24) is 0 Å². The molecule has 2 aromatic carbocycles. The minimum absolute atomic E-state index is 0.117. The Morgan fingerprint density at radius 2 is 1.88 bits per heavy atom. The van der Waals surface area contributed by atoms with Crippen molar-refractivity contribution < 1.29 is 14.3 Å². The van der Waals surface area contributed by atoms with E-state index in [1.807, 2.05) is 55.5 Å². The summed E-state index contributed by atoms with van der Waals surface area (Å²) in [6.07, 6.45) is -0.319. The van der Waals surface area contributed by atoms with Crippen LogP contribution >= 0.6 is 0 Å². The number of benzene rings is 2. The number of anilines is 2. The second-order valence-electron chi connectivity index (χ2n) is 5.83. The molecule has 24 heavy (non-hydrogen) atoms. The van der Waals surface area contributed by atoms with E-state index in [-0.39, 0.29) is 18.2 Å². The molecular formula is C19H20N2O3. The van der Waals surface area contributed by atoms with Gasteiger partial charge in [-0.2, -0.15) is 0 Å². The van der Waals surface area contributed by atoms with Gasteiger partial charge in [0, 0.05) is 18.7 Å². The van der Waals surface area contributed by atoms with E-state index in [0.717, 1.165) is 11.3 Å². The van der Waals surface area contributed by atoms with Gasteiger partial charge < -0.3 is 15.0 Å². The molecule has 2 aromatic rings. The van der Waals surface area contributed by atoms with Gasteiger partial charge in [0.2, 0.25) is 5.91 Å². The molecule has 1 atom stereocenters. The van der Waals surface area contributed by atoms with Gasteiger partial charge in [-0.3, -0.25) is 9.59 Å². The molecule has 124 valence electrons. The Balaban J connectivity index is 1.68. The zero-order chi connectivity index (χ0) is 17.1. The Kier molecular flexibility index (Phi) is 4.51. The van der Waals surface area contributed by atoms with Crippen LogP contribution < -0.4 is 15.0 Å². The first-order valence-electron chi connectivity index (χ1n) is 7.99. The van der Waals surface area contributed by atoms with Gasteiger partial charge in [0.1, 0.15) is 5.75 Å². The van der Waals surface area contributed by atoms with E-state index in [0.29, 0.717) is 18.0 Å². The fourth-order valence-electron chi connectivity index (χ4n) is 2.73. The molecule has 0 saturated carbocycles. The van der Waals surface area contributed by atoms with Crippen molar-refractivity contribution in [3.05, 3.63) is 54.1 Å². The van der Waals surface area contributed by atoms with E-state index >= 15 is 0 Å². The molecule has 1 heterocycles. The maximum absolute atomic E-state index is 12.4. The third-order valence-electron chi connectivity index (χ3n) is 4.06. The molecule has 1 aliphatic heterocycles. The average Bonchev–Trinajstić information content (AvgIpc) is 2.57. The maximum atomic E-state index is 12.4. The molecule has 0 saturated heterocycles. The van der Waals surface area contributed by atoms with Crippen LogP contribution in [0.1, 0.15) is 18.9 Å². The molecule has 0 bridgehead atoms. The normalized spacial score (nSPS) is 16.3. The van der Waals surface area contributed by atoms with Gasteiger partial charge in [-0.25, -0.2) is 0 Å². The van der Waals surface area contributed by atoms with E-state index in [1.165, 1.54) is 0 Å². The van der Waals surface area contributed by atoms with Gasteiger partial charge in [-0.1, -0.05) is 30.3 Å². The Bertz CT molecular complexity index is 773. The highest BCUT2D eigenvalue weighted by Crippen LogP contribution is 2.33. The number of hydrogen-bond donors (Lipinski definition) is 1. The standard InChI is InChI=1S/C19H20N2O3/c1-13-7-3-4-8-15(13)20-18(22)11-12-21-16-9-5-6-10-17(16)24-14(2)19(21)23/h3-10,14H,11-12H2,1-2H3,(H,20,22)/t14-/m1/s1. The van der Waals surface area contributed by atoms with Crippen molar-refractivity contribution in [2.45, 2.75) is 26.4 Å². The smallest absolute Gasteiger partial charge is 0.267 e. The highest BCUT2D eigenvalue weighted by Gasteiger charge is 2.31. The van der Waals surface area contributed by atoms with Crippen LogP contribution in [0.4, 0.5) is 11.4 Å². The highest BCUT2D eigenvalue weighted by molar-refractivity contribution is 6.00. The number of carbonyl (C=O) groups is 2. The number of amides is 2. The number of nitrogens with zero attached hydrogens (tertiary/aromatic N) is 1. The number of carbonyl (C=O) groups excluding carboxylic acids is 2. The predicted octanol–water partition coefficient (Wildman–Crippen LogP) is 3.14. The number of para-hydroxylation sites is 3. The van der Waals surface area contributed by atoms with Gasteiger partial charge >= 0.3 is 0 Å². The number of nitrogens with one attached hydrogen (secondary N) is 1. The number of ether oxygens (including phenoxy) is 1. The quantitative estimate of drug-likeness (QED) is 0.940. The lowest BCUT2D eigenvalue weighted by Crippen LogP contribution is -2.45. The largest absolute Gasteiger partial charge is 0.479 e. The second-order valence-corrected chi connectivity index (χ2v) is 5.83. The van der Waals surface area contributed by atoms with E-state index in [4.69, 9.17) is 4.74 Å². The summed E-state index contributed by atoms with van der Waals surface area (Å²) in [5, 5.41) is 2.89. The molecule has 0 spiro atoms. The molecule has 5 heteroatoms. The molecule has 3 rings (SSSR count). The Morgan fingerprint density at radius 1 is 1.17 bits per heavy atom.